The smallest absolute Gasteiger partial charge is 0.168 e. The van der Waals surface area contributed by atoms with E-state index in [9.17, 15) is 8.78 Å². The molecule has 0 amide bonds. The summed E-state index contributed by atoms with van der Waals surface area (Å²) in [4.78, 5) is 8.57. The van der Waals surface area contributed by atoms with E-state index in [2.05, 4.69) is 20.4 Å². The van der Waals surface area contributed by atoms with E-state index in [1.807, 2.05) is 6.92 Å². The van der Waals surface area contributed by atoms with E-state index in [1.165, 1.54) is 30.6 Å². The van der Waals surface area contributed by atoms with Crippen LogP contribution in [0.3, 0.4) is 0 Å². The van der Waals surface area contributed by atoms with E-state index in [1.54, 1.807) is 22.9 Å². The van der Waals surface area contributed by atoms with Crippen LogP contribution in [0.2, 0.25) is 5.02 Å². The zero-order valence-corrected chi connectivity index (χ0v) is 14.3. The molecular weight excluding hydrogens is 360 g/mol. The van der Waals surface area contributed by atoms with Crippen molar-refractivity contribution in [2.45, 2.75) is 6.92 Å². The first kappa shape index (κ1) is 16.4. The lowest BCUT2D eigenvalue weighted by atomic mass is 10.2. The number of hydrogen-bond donors (Lipinski definition) is 1. The van der Waals surface area contributed by atoms with Gasteiger partial charge in [-0.1, -0.05) is 11.6 Å². The van der Waals surface area contributed by atoms with E-state index in [0.29, 0.717) is 33.9 Å². The molecule has 0 aliphatic carbocycles. The molecule has 0 saturated carbocycles. The summed E-state index contributed by atoms with van der Waals surface area (Å²) in [6.45, 7) is 1.83. The molecule has 4 aromatic rings. The molecule has 0 fully saturated rings. The van der Waals surface area contributed by atoms with Gasteiger partial charge < -0.3 is 5.32 Å². The number of nitrogens with zero attached hydrogens (tertiary/aromatic N) is 4. The molecule has 4 rings (SSSR count). The number of fused-ring (bicyclic) bond motifs is 1. The van der Waals surface area contributed by atoms with Gasteiger partial charge in [0.2, 0.25) is 0 Å². The average Bonchev–Trinajstić information content (AvgIpc) is 2.97. The van der Waals surface area contributed by atoms with Crippen molar-refractivity contribution >= 4 is 34.1 Å². The Hall–Kier alpha value is -3.06. The molecule has 0 aliphatic rings. The van der Waals surface area contributed by atoms with E-state index >= 15 is 0 Å². The van der Waals surface area contributed by atoms with Crippen molar-refractivity contribution in [3.8, 4) is 5.69 Å². The first-order valence-electron chi connectivity index (χ1n) is 7.71. The fraction of sp³-hybridized carbons (Fsp3) is 0.0556. The fourth-order valence-electron chi connectivity index (χ4n) is 2.69. The van der Waals surface area contributed by atoms with Crippen molar-refractivity contribution in [2.75, 3.05) is 5.32 Å². The van der Waals surface area contributed by atoms with Gasteiger partial charge in [0.25, 0.3) is 0 Å². The van der Waals surface area contributed by atoms with E-state index in [4.69, 9.17) is 11.6 Å². The van der Waals surface area contributed by atoms with E-state index in [-0.39, 0.29) is 10.8 Å². The fourth-order valence-corrected chi connectivity index (χ4v) is 2.87. The summed E-state index contributed by atoms with van der Waals surface area (Å²) < 4.78 is 28.2. The summed E-state index contributed by atoms with van der Waals surface area (Å²) in [5.74, 6) is -0.305. The minimum Gasteiger partial charge on any atom is -0.339 e. The van der Waals surface area contributed by atoms with Gasteiger partial charge in [0.1, 0.15) is 23.8 Å². The molecule has 2 heterocycles. The summed E-state index contributed by atoms with van der Waals surface area (Å²) in [5, 5.41) is 8.32. The van der Waals surface area contributed by atoms with Crippen LogP contribution in [0.5, 0.6) is 0 Å². The first-order chi connectivity index (χ1) is 12.5. The lowest BCUT2D eigenvalue weighted by Crippen LogP contribution is -1.99. The van der Waals surface area contributed by atoms with Gasteiger partial charge in [0, 0.05) is 5.69 Å². The van der Waals surface area contributed by atoms with Gasteiger partial charge in [-0.15, -0.1) is 0 Å². The summed E-state index contributed by atoms with van der Waals surface area (Å²) in [5.41, 5.74) is 2.53. The van der Waals surface area contributed by atoms with Crippen LogP contribution in [0.4, 0.5) is 20.3 Å². The zero-order chi connectivity index (χ0) is 18.3. The summed E-state index contributed by atoms with van der Waals surface area (Å²) >= 11 is 5.83. The van der Waals surface area contributed by atoms with Crippen LogP contribution in [0, 0.1) is 18.6 Å². The molecule has 0 spiro atoms. The highest BCUT2D eigenvalue weighted by atomic mass is 35.5. The third-order valence-electron chi connectivity index (χ3n) is 3.89. The van der Waals surface area contributed by atoms with Crippen molar-refractivity contribution in [2.24, 2.45) is 0 Å². The monoisotopic (exact) mass is 371 g/mol. The second-order valence-corrected chi connectivity index (χ2v) is 6.06. The first-order valence-corrected chi connectivity index (χ1v) is 8.09. The quantitative estimate of drug-likeness (QED) is 0.562. The summed E-state index contributed by atoms with van der Waals surface area (Å²) in [7, 11) is 0. The lowest BCUT2D eigenvalue weighted by molar-refractivity contribution is 0.627. The molecule has 2 aromatic heterocycles. The normalized spacial score (nSPS) is 11.1. The van der Waals surface area contributed by atoms with Gasteiger partial charge in [-0.3, -0.25) is 0 Å². The largest absolute Gasteiger partial charge is 0.339 e. The maximum Gasteiger partial charge on any atom is 0.168 e. The van der Waals surface area contributed by atoms with Crippen LogP contribution >= 0.6 is 11.6 Å². The van der Waals surface area contributed by atoms with Gasteiger partial charge in [-0.2, -0.15) is 5.10 Å². The maximum absolute atomic E-state index is 13.3. The van der Waals surface area contributed by atoms with E-state index in [0.717, 1.165) is 0 Å². The Bertz CT molecular complexity index is 1110. The lowest BCUT2D eigenvalue weighted by Gasteiger charge is -2.08. The molecule has 8 heteroatoms. The molecule has 0 atom stereocenters. The molecule has 0 unspecified atom stereocenters. The second-order valence-electron chi connectivity index (χ2n) is 5.65. The third kappa shape index (κ3) is 2.86. The molecular formula is C18H12ClF2N5. The number of aromatic nitrogens is 4. The third-order valence-corrected chi connectivity index (χ3v) is 4.18. The van der Waals surface area contributed by atoms with Crippen molar-refractivity contribution < 1.29 is 8.78 Å². The number of rotatable bonds is 3. The van der Waals surface area contributed by atoms with Gasteiger partial charge in [0.15, 0.2) is 5.65 Å². The molecule has 0 saturated heterocycles. The standard InChI is InChI=1S/C18H12ClF2N5/c1-10-16-17(24-12-4-7-15(21)14(19)8-12)22-9-23-18(16)26(25-10)13-5-2-11(20)3-6-13/h2-9H,1H3,(H,22,23,24). The van der Waals surface area contributed by atoms with Gasteiger partial charge in [-0.05, 0) is 49.4 Å². The van der Waals surface area contributed by atoms with Crippen molar-refractivity contribution in [3.63, 3.8) is 0 Å². The summed E-state index contributed by atoms with van der Waals surface area (Å²) in [6.07, 6.45) is 1.40. The number of hydrogen-bond acceptors (Lipinski definition) is 4. The Balaban J connectivity index is 1.82. The predicted octanol–water partition coefficient (Wildman–Crippen LogP) is 4.80. The minimum atomic E-state index is -0.495. The molecule has 26 heavy (non-hydrogen) atoms. The van der Waals surface area contributed by atoms with Gasteiger partial charge in [-0.25, -0.2) is 23.4 Å². The number of anilines is 2. The Morgan fingerprint density at radius 1 is 1.04 bits per heavy atom. The van der Waals surface area contributed by atoms with Gasteiger partial charge >= 0.3 is 0 Å². The van der Waals surface area contributed by atoms with Crippen molar-refractivity contribution in [3.05, 3.63) is 71.1 Å². The molecule has 0 radical (unpaired) electrons. The van der Waals surface area contributed by atoms with Crippen molar-refractivity contribution in [1.82, 2.24) is 19.7 Å². The molecule has 0 aliphatic heterocycles. The Morgan fingerprint density at radius 3 is 2.54 bits per heavy atom. The topological polar surface area (TPSA) is 55.6 Å². The summed E-state index contributed by atoms with van der Waals surface area (Å²) in [6, 6.07) is 10.3. The second kappa shape index (κ2) is 6.34. The predicted molar refractivity (Wildman–Crippen MR) is 96.0 cm³/mol. The molecule has 5 nitrogen and oxygen atoms in total. The number of nitrogens with one attached hydrogen (secondary N) is 1. The number of aryl methyl sites for hydroxylation is 1. The molecule has 0 bridgehead atoms. The van der Waals surface area contributed by atoms with Crippen LogP contribution in [0.25, 0.3) is 16.7 Å². The zero-order valence-electron chi connectivity index (χ0n) is 13.5. The van der Waals surface area contributed by atoms with Gasteiger partial charge in [0.05, 0.1) is 21.8 Å². The highest BCUT2D eigenvalue weighted by Gasteiger charge is 2.15. The SMILES string of the molecule is Cc1nn(-c2ccc(F)cc2)c2ncnc(Nc3ccc(F)c(Cl)c3)c12. The highest BCUT2D eigenvalue weighted by molar-refractivity contribution is 6.31. The van der Waals surface area contributed by atoms with Crippen LogP contribution in [-0.4, -0.2) is 19.7 Å². The minimum absolute atomic E-state index is 0.0130. The Kier molecular flexibility index (Phi) is 4.00. The Morgan fingerprint density at radius 2 is 1.81 bits per heavy atom. The number of benzene rings is 2. The van der Waals surface area contributed by atoms with Crippen LogP contribution in [0.1, 0.15) is 5.69 Å². The van der Waals surface area contributed by atoms with E-state index < -0.39 is 5.82 Å². The maximum atomic E-state index is 13.3. The van der Waals surface area contributed by atoms with Crippen molar-refractivity contribution in [1.29, 1.82) is 0 Å². The molecule has 1 N–H and O–H groups in total. The van der Waals surface area contributed by atoms with Crippen LogP contribution in [0.15, 0.2) is 48.8 Å². The molecule has 130 valence electrons. The van der Waals surface area contributed by atoms with Crippen LogP contribution < -0.4 is 5.32 Å². The Labute approximate surface area is 152 Å². The number of halogens is 3. The van der Waals surface area contributed by atoms with Crippen LogP contribution in [-0.2, 0) is 0 Å². The average molecular weight is 372 g/mol. The molecule has 2 aromatic carbocycles. The highest BCUT2D eigenvalue weighted by Crippen LogP contribution is 2.29.